The van der Waals surface area contributed by atoms with Gasteiger partial charge in [0.05, 0.1) is 0 Å². The normalized spacial score (nSPS) is 12.9. The van der Waals surface area contributed by atoms with Crippen LogP contribution in [0.3, 0.4) is 0 Å². The Morgan fingerprint density at radius 2 is 1.92 bits per heavy atom. The van der Waals surface area contributed by atoms with E-state index in [0.29, 0.717) is 5.92 Å². The molecule has 0 nitrogen and oxygen atoms in total. The smallest absolute Gasteiger partial charge is 0.0100 e. The monoisotopic (exact) mass is 240 g/mol. The van der Waals surface area contributed by atoms with E-state index in [9.17, 15) is 0 Å². The summed E-state index contributed by atoms with van der Waals surface area (Å²) >= 11 is 3.56. The first-order chi connectivity index (χ1) is 6.19. The van der Waals surface area contributed by atoms with Crippen molar-refractivity contribution in [1.82, 2.24) is 0 Å². The lowest BCUT2D eigenvalue weighted by Crippen LogP contribution is -1.99. The maximum Gasteiger partial charge on any atom is 0.0100 e. The largest absolute Gasteiger partial charge is 0.0921 e. The third-order valence-corrected chi connectivity index (χ3v) is 3.46. The molecule has 0 N–H and O–H groups in total. The molecule has 0 spiro atoms. The molecule has 0 aliphatic carbocycles. The zero-order valence-electron chi connectivity index (χ0n) is 8.60. The van der Waals surface area contributed by atoms with Crippen molar-refractivity contribution in [2.24, 2.45) is 0 Å². The van der Waals surface area contributed by atoms with Crippen molar-refractivity contribution in [1.29, 1.82) is 0 Å². The second-order valence-corrected chi connectivity index (χ2v) is 4.25. The minimum Gasteiger partial charge on any atom is -0.0921 e. The van der Waals surface area contributed by atoms with Crippen molar-refractivity contribution >= 4 is 15.9 Å². The van der Waals surface area contributed by atoms with Crippen LogP contribution in [0.25, 0.3) is 0 Å². The molecule has 0 saturated carbocycles. The Bertz CT molecular complexity index is 274. The quantitative estimate of drug-likeness (QED) is 0.696. The predicted molar refractivity (Wildman–Crippen MR) is 62.7 cm³/mol. The Hall–Kier alpha value is -0.300. The van der Waals surface area contributed by atoms with E-state index in [2.05, 4.69) is 54.9 Å². The van der Waals surface area contributed by atoms with Crippen LogP contribution in [-0.4, -0.2) is 5.33 Å². The zero-order valence-corrected chi connectivity index (χ0v) is 10.2. The van der Waals surface area contributed by atoms with E-state index in [4.69, 9.17) is 0 Å². The summed E-state index contributed by atoms with van der Waals surface area (Å²) in [5, 5.41) is 1.06. The first-order valence-electron chi connectivity index (χ1n) is 4.82. The second kappa shape index (κ2) is 4.80. The minimum absolute atomic E-state index is 0.666. The molecule has 72 valence electrons. The van der Waals surface area contributed by atoms with Crippen molar-refractivity contribution in [3.63, 3.8) is 0 Å². The lowest BCUT2D eigenvalue weighted by molar-refractivity contribution is 0.748. The molecule has 0 aliphatic rings. The summed E-state index contributed by atoms with van der Waals surface area (Å²) in [4.78, 5) is 0. The molecule has 0 amide bonds. The van der Waals surface area contributed by atoms with Crippen LogP contribution in [0.15, 0.2) is 18.2 Å². The van der Waals surface area contributed by atoms with E-state index in [1.165, 1.54) is 23.1 Å². The Kier molecular flexibility index (Phi) is 3.98. The van der Waals surface area contributed by atoms with Gasteiger partial charge in [-0.15, -0.1) is 0 Å². The van der Waals surface area contributed by atoms with E-state index >= 15 is 0 Å². The molecule has 1 unspecified atom stereocenters. The van der Waals surface area contributed by atoms with Crippen LogP contribution in [0.1, 0.15) is 36.0 Å². The standard InChI is InChI=1S/C12H17Br/c1-4-11(8-13)12-6-5-9(2)10(3)7-12/h5-7,11H,4,8H2,1-3H3. The highest BCUT2D eigenvalue weighted by Crippen LogP contribution is 2.23. The third-order valence-electron chi connectivity index (χ3n) is 2.68. The lowest BCUT2D eigenvalue weighted by atomic mass is 9.95. The van der Waals surface area contributed by atoms with Gasteiger partial charge in [0.15, 0.2) is 0 Å². The summed E-state index contributed by atoms with van der Waals surface area (Å²) in [5.74, 6) is 0.666. The van der Waals surface area contributed by atoms with Crippen LogP contribution in [0.4, 0.5) is 0 Å². The van der Waals surface area contributed by atoms with Crippen LogP contribution in [0.2, 0.25) is 0 Å². The molecule has 0 heterocycles. The first kappa shape index (κ1) is 10.8. The fraction of sp³-hybridized carbons (Fsp3) is 0.500. The van der Waals surface area contributed by atoms with Crippen molar-refractivity contribution < 1.29 is 0 Å². The Morgan fingerprint density at radius 1 is 1.23 bits per heavy atom. The van der Waals surface area contributed by atoms with E-state index in [-0.39, 0.29) is 0 Å². The predicted octanol–water partition coefficient (Wildman–Crippen LogP) is 4.19. The fourth-order valence-electron chi connectivity index (χ4n) is 1.45. The summed E-state index contributed by atoms with van der Waals surface area (Å²) in [6.07, 6.45) is 1.20. The van der Waals surface area contributed by atoms with Crippen molar-refractivity contribution in [2.75, 3.05) is 5.33 Å². The summed E-state index contributed by atoms with van der Waals surface area (Å²) in [6, 6.07) is 6.78. The maximum atomic E-state index is 3.56. The van der Waals surface area contributed by atoms with Gasteiger partial charge in [-0.3, -0.25) is 0 Å². The van der Waals surface area contributed by atoms with Crippen molar-refractivity contribution in [3.05, 3.63) is 34.9 Å². The van der Waals surface area contributed by atoms with Crippen LogP contribution in [-0.2, 0) is 0 Å². The molecule has 0 fully saturated rings. The Balaban J connectivity index is 2.95. The molecule has 1 aromatic carbocycles. The van der Waals surface area contributed by atoms with E-state index < -0.39 is 0 Å². The van der Waals surface area contributed by atoms with Gasteiger partial charge in [0, 0.05) is 5.33 Å². The summed E-state index contributed by atoms with van der Waals surface area (Å²) in [7, 11) is 0. The van der Waals surface area contributed by atoms with E-state index in [1.807, 2.05) is 0 Å². The molecule has 1 aromatic rings. The fourth-order valence-corrected chi connectivity index (χ4v) is 2.28. The van der Waals surface area contributed by atoms with Gasteiger partial charge >= 0.3 is 0 Å². The average Bonchev–Trinajstić information content (AvgIpc) is 2.13. The number of halogens is 1. The molecule has 0 bridgehead atoms. The molecule has 1 rings (SSSR count). The lowest BCUT2D eigenvalue weighted by Gasteiger charge is -2.13. The second-order valence-electron chi connectivity index (χ2n) is 3.60. The minimum atomic E-state index is 0.666. The molecule has 1 atom stereocenters. The Morgan fingerprint density at radius 3 is 2.38 bits per heavy atom. The number of aryl methyl sites for hydroxylation is 2. The molecule has 1 heteroatoms. The SMILES string of the molecule is CCC(CBr)c1ccc(C)c(C)c1. The van der Waals surface area contributed by atoms with Crippen LogP contribution >= 0.6 is 15.9 Å². The van der Waals surface area contributed by atoms with E-state index in [0.717, 1.165) is 5.33 Å². The molecular formula is C12H17Br. The highest BCUT2D eigenvalue weighted by molar-refractivity contribution is 9.09. The number of rotatable bonds is 3. The van der Waals surface area contributed by atoms with Gasteiger partial charge in [-0.05, 0) is 42.9 Å². The van der Waals surface area contributed by atoms with E-state index in [1.54, 1.807) is 0 Å². The maximum absolute atomic E-state index is 3.56. The molecule has 0 aromatic heterocycles. The van der Waals surface area contributed by atoms with Crippen molar-refractivity contribution in [3.8, 4) is 0 Å². The van der Waals surface area contributed by atoms with Crippen LogP contribution < -0.4 is 0 Å². The highest BCUT2D eigenvalue weighted by atomic mass is 79.9. The summed E-state index contributed by atoms with van der Waals surface area (Å²) in [5.41, 5.74) is 4.24. The summed E-state index contributed by atoms with van der Waals surface area (Å²) in [6.45, 7) is 6.58. The van der Waals surface area contributed by atoms with Crippen molar-refractivity contribution in [2.45, 2.75) is 33.1 Å². The zero-order chi connectivity index (χ0) is 9.84. The first-order valence-corrected chi connectivity index (χ1v) is 5.94. The number of benzene rings is 1. The van der Waals surface area contributed by atoms with Gasteiger partial charge in [-0.2, -0.15) is 0 Å². The average molecular weight is 241 g/mol. The molecule has 0 radical (unpaired) electrons. The molecular weight excluding hydrogens is 224 g/mol. The Labute approximate surface area is 89.5 Å². The number of hydrogen-bond donors (Lipinski definition) is 0. The molecule has 13 heavy (non-hydrogen) atoms. The van der Waals surface area contributed by atoms with Crippen LogP contribution in [0.5, 0.6) is 0 Å². The van der Waals surface area contributed by atoms with Gasteiger partial charge in [-0.1, -0.05) is 41.1 Å². The van der Waals surface area contributed by atoms with Gasteiger partial charge < -0.3 is 0 Å². The van der Waals surface area contributed by atoms with Crippen LogP contribution in [0, 0.1) is 13.8 Å². The van der Waals surface area contributed by atoms with Gasteiger partial charge in [-0.25, -0.2) is 0 Å². The van der Waals surface area contributed by atoms with Gasteiger partial charge in [0.2, 0.25) is 0 Å². The number of hydrogen-bond acceptors (Lipinski definition) is 0. The highest BCUT2D eigenvalue weighted by Gasteiger charge is 2.07. The third kappa shape index (κ3) is 2.57. The summed E-state index contributed by atoms with van der Waals surface area (Å²) < 4.78 is 0. The topological polar surface area (TPSA) is 0 Å². The van der Waals surface area contributed by atoms with Gasteiger partial charge in [0.25, 0.3) is 0 Å². The number of alkyl halides is 1. The molecule has 0 saturated heterocycles. The van der Waals surface area contributed by atoms with Gasteiger partial charge in [0.1, 0.15) is 0 Å². The molecule has 0 aliphatic heterocycles.